The van der Waals surface area contributed by atoms with Crippen LogP contribution in [0.15, 0.2) is 0 Å². The molecule has 1 fully saturated rings. The van der Waals surface area contributed by atoms with Crippen molar-refractivity contribution >= 4 is 0 Å². The average Bonchev–Trinajstić information content (AvgIpc) is 2.52. The van der Waals surface area contributed by atoms with Crippen molar-refractivity contribution in [2.24, 2.45) is 17.8 Å². The van der Waals surface area contributed by atoms with Crippen molar-refractivity contribution in [3.63, 3.8) is 0 Å². The van der Waals surface area contributed by atoms with Crippen LogP contribution in [0.5, 0.6) is 0 Å². The second-order valence-corrected chi connectivity index (χ2v) is 7.22. The smallest absolute Gasteiger partial charge is 0.00966 e. The van der Waals surface area contributed by atoms with Crippen LogP contribution in [-0.2, 0) is 0 Å². The van der Waals surface area contributed by atoms with Gasteiger partial charge in [0.2, 0.25) is 0 Å². The molecular formula is C16H33N. The molecule has 0 bridgehead atoms. The molecule has 0 aromatic heterocycles. The van der Waals surface area contributed by atoms with Gasteiger partial charge in [-0.15, -0.1) is 0 Å². The molecule has 0 spiro atoms. The number of hydrogen-bond donors (Lipinski definition) is 1. The van der Waals surface area contributed by atoms with Gasteiger partial charge in [0, 0.05) is 5.54 Å². The Labute approximate surface area is 109 Å². The van der Waals surface area contributed by atoms with E-state index in [1.165, 1.54) is 45.1 Å². The second-order valence-electron chi connectivity index (χ2n) is 7.22. The van der Waals surface area contributed by atoms with Crippen molar-refractivity contribution in [1.29, 1.82) is 0 Å². The molecule has 0 radical (unpaired) electrons. The summed E-state index contributed by atoms with van der Waals surface area (Å²) in [7, 11) is 0. The van der Waals surface area contributed by atoms with E-state index in [-0.39, 0.29) is 5.54 Å². The monoisotopic (exact) mass is 239 g/mol. The summed E-state index contributed by atoms with van der Waals surface area (Å²) in [6.07, 6.45) is 8.82. The lowest BCUT2D eigenvalue weighted by Gasteiger charge is -2.31. The molecule has 1 rings (SSSR count). The maximum absolute atomic E-state index is 3.66. The molecule has 102 valence electrons. The van der Waals surface area contributed by atoms with Crippen LogP contribution in [0.25, 0.3) is 0 Å². The van der Waals surface area contributed by atoms with E-state index in [1.54, 1.807) is 0 Å². The van der Waals surface area contributed by atoms with Gasteiger partial charge in [-0.3, -0.25) is 0 Å². The maximum atomic E-state index is 3.66. The van der Waals surface area contributed by atoms with E-state index in [0.29, 0.717) is 0 Å². The maximum Gasteiger partial charge on any atom is 0.00966 e. The normalized spacial score (nSPS) is 23.1. The van der Waals surface area contributed by atoms with Crippen molar-refractivity contribution in [2.45, 2.75) is 78.7 Å². The number of nitrogens with one attached hydrogen (secondary N) is 1. The van der Waals surface area contributed by atoms with Crippen molar-refractivity contribution in [2.75, 3.05) is 6.54 Å². The highest BCUT2D eigenvalue weighted by Gasteiger charge is 2.24. The first-order valence-electron chi connectivity index (χ1n) is 7.65. The van der Waals surface area contributed by atoms with E-state index in [4.69, 9.17) is 0 Å². The molecule has 0 aromatic rings. The molecule has 1 saturated carbocycles. The molecule has 0 heterocycles. The minimum absolute atomic E-state index is 0.261. The van der Waals surface area contributed by atoms with Crippen LogP contribution in [0.2, 0.25) is 0 Å². The van der Waals surface area contributed by atoms with Crippen LogP contribution >= 0.6 is 0 Å². The summed E-state index contributed by atoms with van der Waals surface area (Å²) in [4.78, 5) is 0. The molecule has 1 aliphatic carbocycles. The van der Waals surface area contributed by atoms with Crippen molar-refractivity contribution in [3.05, 3.63) is 0 Å². The predicted octanol–water partition coefficient (Wildman–Crippen LogP) is 4.62. The molecule has 1 nitrogen and oxygen atoms in total. The van der Waals surface area contributed by atoms with Gasteiger partial charge >= 0.3 is 0 Å². The van der Waals surface area contributed by atoms with E-state index in [2.05, 4.69) is 39.9 Å². The quantitative estimate of drug-likeness (QED) is 0.706. The predicted molar refractivity (Wildman–Crippen MR) is 77.3 cm³/mol. The van der Waals surface area contributed by atoms with Crippen LogP contribution in [0, 0.1) is 17.8 Å². The Morgan fingerprint density at radius 2 is 1.53 bits per heavy atom. The lowest BCUT2D eigenvalue weighted by molar-refractivity contribution is 0.221. The lowest BCUT2D eigenvalue weighted by atomic mass is 9.79. The average molecular weight is 239 g/mol. The summed E-state index contributed by atoms with van der Waals surface area (Å²) in [6.45, 7) is 12.8. The van der Waals surface area contributed by atoms with Crippen LogP contribution in [0.1, 0.15) is 73.1 Å². The minimum atomic E-state index is 0.261. The van der Waals surface area contributed by atoms with Gasteiger partial charge in [-0.25, -0.2) is 0 Å². The second kappa shape index (κ2) is 6.78. The van der Waals surface area contributed by atoms with Crippen LogP contribution < -0.4 is 5.32 Å². The molecule has 0 aliphatic heterocycles. The third-order valence-corrected chi connectivity index (χ3v) is 4.50. The molecule has 0 saturated heterocycles. The highest BCUT2D eigenvalue weighted by molar-refractivity contribution is 4.78. The standard InChI is InChI=1S/C16H33N/c1-13(12-17-16(3,4)5)14(2)15-10-8-6-7-9-11-15/h13-15,17H,6-12H2,1-5H3. The molecule has 1 N–H and O–H groups in total. The fourth-order valence-electron chi connectivity index (χ4n) is 2.95. The number of rotatable bonds is 4. The summed E-state index contributed by atoms with van der Waals surface area (Å²) in [5.74, 6) is 2.66. The summed E-state index contributed by atoms with van der Waals surface area (Å²) < 4.78 is 0. The van der Waals surface area contributed by atoms with Crippen molar-refractivity contribution in [3.8, 4) is 0 Å². The molecular weight excluding hydrogens is 206 g/mol. The van der Waals surface area contributed by atoms with Crippen LogP contribution in [0.3, 0.4) is 0 Å². The molecule has 2 unspecified atom stereocenters. The molecule has 0 aromatic carbocycles. The van der Waals surface area contributed by atoms with Gasteiger partial charge in [0.1, 0.15) is 0 Å². The Balaban J connectivity index is 2.36. The van der Waals surface area contributed by atoms with E-state index in [0.717, 1.165) is 17.8 Å². The Hall–Kier alpha value is -0.0400. The third-order valence-electron chi connectivity index (χ3n) is 4.50. The molecule has 2 atom stereocenters. The van der Waals surface area contributed by atoms with Gasteiger partial charge in [-0.1, -0.05) is 52.4 Å². The first-order chi connectivity index (χ1) is 7.90. The Morgan fingerprint density at radius 1 is 1.00 bits per heavy atom. The largest absolute Gasteiger partial charge is 0.312 e. The molecule has 1 heteroatoms. The molecule has 1 aliphatic rings. The van der Waals surface area contributed by atoms with Gasteiger partial charge in [0.25, 0.3) is 0 Å². The Morgan fingerprint density at radius 3 is 2.00 bits per heavy atom. The highest BCUT2D eigenvalue weighted by atomic mass is 14.9. The lowest BCUT2D eigenvalue weighted by Crippen LogP contribution is -2.40. The van der Waals surface area contributed by atoms with E-state index >= 15 is 0 Å². The minimum Gasteiger partial charge on any atom is -0.312 e. The van der Waals surface area contributed by atoms with Crippen molar-refractivity contribution < 1.29 is 0 Å². The fraction of sp³-hybridized carbons (Fsp3) is 1.00. The van der Waals surface area contributed by atoms with E-state index < -0.39 is 0 Å². The SMILES string of the molecule is CC(CNC(C)(C)C)C(C)C1CCCCCC1. The zero-order valence-electron chi connectivity index (χ0n) is 12.7. The zero-order chi connectivity index (χ0) is 12.9. The highest BCUT2D eigenvalue weighted by Crippen LogP contribution is 2.32. The van der Waals surface area contributed by atoms with Gasteiger partial charge in [-0.05, 0) is 45.1 Å². The summed E-state index contributed by atoms with van der Waals surface area (Å²) in [6, 6.07) is 0. The summed E-state index contributed by atoms with van der Waals surface area (Å²) in [5, 5.41) is 3.66. The Kier molecular flexibility index (Phi) is 5.99. The third kappa shape index (κ3) is 5.90. The van der Waals surface area contributed by atoms with Gasteiger partial charge in [-0.2, -0.15) is 0 Å². The first kappa shape index (κ1) is 15.0. The van der Waals surface area contributed by atoms with E-state index in [1.807, 2.05) is 0 Å². The molecule has 17 heavy (non-hydrogen) atoms. The van der Waals surface area contributed by atoms with Gasteiger partial charge < -0.3 is 5.32 Å². The van der Waals surface area contributed by atoms with Gasteiger partial charge in [0.15, 0.2) is 0 Å². The molecule has 0 amide bonds. The summed E-state index contributed by atoms with van der Waals surface area (Å²) in [5.41, 5.74) is 0.261. The fourth-order valence-corrected chi connectivity index (χ4v) is 2.95. The topological polar surface area (TPSA) is 12.0 Å². The van der Waals surface area contributed by atoms with Crippen molar-refractivity contribution in [1.82, 2.24) is 5.32 Å². The van der Waals surface area contributed by atoms with Crippen LogP contribution in [0.4, 0.5) is 0 Å². The van der Waals surface area contributed by atoms with Gasteiger partial charge in [0.05, 0.1) is 0 Å². The summed E-state index contributed by atoms with van der Waals surface area (Å²) >= 11 is 0. The zero-order valence-corrected chi connectivity index (χ0v) is 12.7. The van der Waals surface area contributed by atoms with Crippen LogP contribution in [-0.4, -0.2) is 12.1 Å². The number of hydrogen-bond acceptors (Lipinski definition) is 1. The Bertz CT molecular complexity index is 196. The van der Waals surface area contributed by atoms with E-state index in [9.17, 15) is 0 Å². The first-order valence-corrected chi connectivity index (χ1v) is 7.65.